The third kappa shape index (κ3) is 6.46. The number of thioether (sulfide) groups is 1. The topological polar surface area (TPSA) is 153 Å². The van der Waals surface area contributed by atoms with E-state index in [1.165, 1.54) is 7.11 Å². The number of nitrogens with one attached hydrogen (secondary N) is 1. The molecule has 0 spiro atoms. The Morgan fingerprint density at radius 2 is 1.75 bits per heavy atom. The summed E-state index contributed by atoms with van der Waals surface area (Å²) >= 11 is 1.03. The number of alkyl carbamates (subject to hydrolysis) is 1. The minimum absolute atomic E-state index is 0.0892. The van der Waals surface area contributed by atoms with E-state index in [4.69, 9.17) is 28.4 Å². The molecule has 2 heterocycles. The van der Waals surface area contributed by atoms with E-state index in [1.54, 1.807) is 30.3 Å². The summed E-state index contributed by atoms with van der Waals surface area (Å²) in [6, 6.07) is 7.95. The summed E-state index contributed by atoms with van der Waals surface area (Å²) in [5.41, 5.74) is 0. The Morgan fingerprint density at radius 1 is 1.08 bits per heavy atom. The Balaban J connectivity index is 2.07. The molecule has 0 saturated carbocycles. The third-order valence-electron chi connectivity index (χ3n) is 5.38. The first-order valence-corrected chi connectivity index (χ1v) is 11.8. The van der Waals surface area contributed by atoms with Gasteiger partial charge in [-0.1, -0.05) is 30.0 Å². The van der Waals surface area contributed by atoms with Crippen LogP contribution in [0.25, 0.3) is 0 Å². The highest BCUT2D eigenvalue weighted by Gasteiger charge is 2.60. The number of amides is 1. The second-order valence-corrected chi connectivity index (χ2v) is 9.42. The number of carbonyl (C=O) groups is 5. The van der Waals surface area contributed by atoms with E-state index in [0.29, 0.717) is 4.90 Å². The summed E-state index contributed by atoms with van der Waals surface area (Å²) in [4.78, 5) is 59.7. The Bertz CT molecular complexity index is 1000. The number of fused-ring (bicyclic) bond motifs is 1. The maximum absolute atomic E-state index is 13.1. The van der Waals surface area contributed by atoms with Crippen molar-refractivity contribution in [1.29, 1.82) is 0 Å². The van der Waals surface area contributed by atoms with Crippen LogP contribution in [0.1, 0.15) is 27.2 Å². The van der Waals surface area contributed by atoms with Crippen molar-refractivity contribution >= 4 is 41.7 Å². The predicted molar refractivity (Wildman–Crippen MR) is 121 cm³/mol. The van der Waals surface area contributed by atoms with Gasteiger partial charge in [0.15, 0.2) is 12.2 Å². The van der Waals surface area contributed by atoms with Crippen molar-refractivity contribution < 1.29 is 52.4 Å². The lowest BCUT2D eigenvalue weighted by atomic mass is 9.90. The molecule has 1 amide bonds. The zero-order valence-electron chi connectivity index (χ0n) is 20.1. The average molecular weight is 526 g/mol. The van der Waals surface area contributed by atoms with E-state index in [0.717, 1.165) is 32.5 Å². The monoisotopic (exact) mass is 525 g/mol. The molecular weight excluding hydrogens is 498 g/mol. The maximum atomic E-state index is 13.1. The van der Waals surface area contributed by atoms with Gasteiger partial charge in [-0.15, -0.1) is 0 Å². The molecule has 12 nitrogen and oxygen atoms in total. The molecule has 1 N–H and O–H groups in total. The lowest BCUT2D eigenvalue weighted by Crippen LogP contribution is -2.64. The highest BCUT2D eigenvalue weighted by molar-refractivity contribution is 8.01. The van der Waals surface area contributed by atoms with E-state index in [9.17, 15) is 24.0 Å². The summed E-state index contributed by atoms with van der Waals surface area (Å²) in [5.74, 6) is -2.96. The van der Waals surface area contributed by atoms with Gasteiger partial charge in [0.2, 0.25) is 4.93 Å². The molecular formula is C23H27NO11S. The fourth-order valence-corrected chi connectivity index (χ4v) is 5.29. The van der Waals surface area contributed by atoms with Crippen LogP contribution in [0.3, 0.4) is 0 Å². The Hall–Kier alpha value is -3.32. The van der Waals surface area contributed by atoms with Crippen molar-refractivity contribution in [3.05, 3.63) is 30.3 Å². The van der Waals surface area contributed by atoms with Gasteiger partial charge in [0.1, 0.15) is 18.8 Å². The first kappa shape index (κ1) is 27.3. The zero-order valence-corrected chi connectivity index (χ0v) is 20.9. The van der Waals surface area contributed by atoms with Gasteiger partial charge in [-0.25, -0.2) is 9.59 Å². The molecule has 36 heavy (non-hydrogen) atoms. The van der Waals surface area contributed by atoms with Crippen molar-refractivity contribution in [2.24, 2.45) is 0 Å². The first-order valence-electron chi connectivity index (χ1n) is 11.0. The van der Waals surface area contributed by atoms with E-state index >= 15 is 0 Å². The number of benzene rings is 1. The normalized spacial score (nSPS) is 26.3. The number of esters is 4. The standard InChI is InChI=1S/C23H27NO11S/c1-12(25)31-11-17(32-13(2)26)19(33-14(3)27)20-18-16(34-22(29)24-18)10-23(35-20,21(28)30-4)36-15-8-6-5-7-9-15/h5-9,16-20H,10-11H2,1-4H3,(H,24,29). The summed E-state index contributed by atoms with van der Waals surface area (Å²) in [7, 11) is 1.19. The predicted octanol–water partition coefficient (Wildman–Crippen LogP) is 1.34. The maximum Gasteiger partial charge on any atom is 0.407 e. The number of methoxy groups -OCH3 is 1. The second-order valence-electron chi connectivity index (χ2n) is 8.08. The van der Waals surface area contributed by atoms with E-state index in [1.807, 2.05) is 0 Å². The van der Waals surface area contributed by atoms with Crippen molar-refractivity contribution in [2.45, 2.75) is 67.5 Å². The first-order chi connectivity index (χ1) is 17.0. The van der Waals surface area contributed by atoms with Gasteiger partial charge in [0.25, 0.3) is 0 Å². The molecule has 1 aromatic rings. The summed E-state index contributed by atoms with van der Waals surface area (Å²) in [5, 5.41) is 2.60. The van der Waals surface area contributed by atoms with E-state index in [2.05, 4.69) is 5.32 Å². The number of hydrogen-bond donors (Lipinski definition) is 1. The summed E-state index contributed by atoms with van der Waals surface area (Å²) < 4.78 is 32.6. The number of carbonyl (C=O) groups excluding carboxylic acids is 5. The Labute approximate surface area is 211 Å². The SMILES string of the molecule is COC(=O)C1(Sc2ccccc2)CC2OC(=O)NC2C(C(OC(C)=O)C(COC(C)=O)OC(C)=O)O1. The largest absolute Gasteiger partial charge is 0.466 e. The lowest BCUT2D eigenvalue weighted by Gasteiger charge is -2.45. The summed E-state index contributed by atoms with van der Waals surface area (Å²) in [6.07, 6.45) is -5.75. The van der Waals surface area contributed by atoms with Crippen LogP contribution in [0.5, 0.6) is 0 Å². The van der Waals surface area contributed by atoms with Gasteiger partial charge in [-0.3, -0.25) is 14.4 Å². The van der Waals surface area contributed by atoms with Gasteiger partial charge in [-0.05, 0) is 12.1 Å². The fraction of sp³-hybridized carbons (Fsp3) is 0.522. The molecule has 0 aromatic heterocycles. The highest BCUT2D eigenvalue weighted by atomic mass is 32.2. The van der Waals surface area contributed by atoms with Gasteiger partial charge in [0, 0.05) is 32.1 Å². The highest BCUT2D eigenvalue weighted by Crippen LogP contribution is 2.46. The van der Waals surface area contributed by atoms with E-state index < -0.39 is 72.0 Å². The molecule has 196 valence electrons. The van der Waals surface area contributed by atoms with Crippen LogP contribution in [0.4, 0.5) is 4.79 Å². The molecule has 2 aliphatic rings. The van der Waals surface area contributed by atoms with Crippen LogP contribution in [0.15, 0.2) is 35.2 Å². The molecule has 0 bridgehead atoms. The molecule has 6 unspecified atom stereocenters. The van der Waals surface area contributed by atoms with Crippen LogP contribution in [-0.2, 0) is 47.6 Å². The van der Waals surface area contributed by atoms with Crippen molar-refractivity contribution in [3.63, 3.8) is 0 Å². The molecule has 13 heteroatoms. The quantitative estimate of drug-likeness (QED) is 0.366. The average Bonchev–Trinajstić information content (AvgIpc) is 3.19. The number of rotatable bonds is 9. The number of hydrogen-bond acceptors (Lipinski definition) is 12. The third-order valence-corrected chi connectivity index (χ3v) is 6.64. The molecule has 2 aliphatic heterocycles. The van der Waals surface area contributed by atoms with Gasteiger partial charge in [0.05, 0.1) is 13.2 Å². The zero-order chi connectivity index (χ0) is 26.5. The van der Waals surface area contributed by atoms with Crippen LogP contribution < -0.4 is 5.32 Å². The van der Waals surface area contributed by atoms with Crippen LogP contribution in [0, 0.1) is 0 Å². The van der Waals surface area contributed by atoms with Crippen molar-refractivity contribution in [2.75, 3.05) is 13.7 Å². The van der Waals surface area contributed by atoms with Crippen LogP contribution >= 0.6 is 11.8 Å². The Kier molecular flexibility index (Phi) is 8.79. The van der Waals surface area contributed by atoms with Gasteiger partial charge in [-0.2, -0.15) is 0 Å². The molecule has 0 radical (unpaired) electrons. The molecule has 2 fully saturated rings. The second kappa shape index (κ2) is 11.6. The van der Waals surface area contributed by atoms with Crippen LogP contribution in [0.2, 0.25) is 0 Å². The molecule has 0 aliphatic carbocycles. The van der Waals surface area contributed by atoms with Crippen LogP contribution in [-0.4, -0.2) is 79.1 Å². The molecule has 1 aromatic carbocycles. The minimum Gasteiger partial charge on any atom is -0.466 e. The minimum atomic E-state index is -1.73. The van der Waals surface area contributed by atoms with E-state index in [-0.39, 0.29) is 6.42 Å². The fourth-order valence-electron chi connectivity index (χ4n) is 4.04. The lowest BCUT2D eigenvalue weighted by molar-refractivity contribution is -0.214. The van der Waals surface area contributed by atoms with Crippen molar-refractivity contribution in [1.82, 2.24) is 5.32 Å². The number of ether oxygens (including phenoxy) is 6. The summed E-state index contributed by atoms with van der Waals surface area (Å²) in [6.45, 7) is 2.93. The van der Waals surface area contributed by atoms with Gasteiger partial charge >= 0.3 is 30.0 Å². The molecule has 3 rings (SSSR count). The van der Waals surface area contributed by atoms with Gasteiger partial charge < -0.3 is 33.7 Å². The molecule has 2 saturated heterocycles. The van der Waals surface area contributed by atoms with Crippen molar-refractivity contribution in [3.8, 4) is 0 Å². The Morgan fingerprint density at radius 3 is 2.33 bits per heavy atom. The molecule has 6 atom stereocenters. The smallest absolute Gasteiger partial charge is 0.407 e.